The molecule has 0 aromatic rings. The standard InChI is InChI=1S/C29H55NO3Si2/c1-11-31-30-26-19-29(4)24(20(2)32-34(5,6)7)14-15-25(29)23-13-12-21-18-22(33-35(8,9)10)16-17-28(21,3)27(23)26/h20-25,27H,11-19H2,1-10H3/t20-,21?,22+,23?,24+,25?,27?,28-,29+/m0/s1. The van der Waals surface area contributed by atoms with E-state index in [-0.39, 0.29) is 5.41 Å². The van der Waals surface area contributed by atoms with Gasteiger partial charge in [-0.1, -0.05) is 19.0 Å². The van der Waals surface area contributed by atoms with Crippen molar-refractivity contribution >= 4 is 22.3 Å². The Kier molecular flexibility index (Phi) is 7.84. The van der Waals surface area contributed by atoms with Gasteiger partial charge in [-0.25, -0.2) is 0 Å². The molecule has 0 amide bonds. The van der Waals surface area contributed by atoms with Gasteiger partial charge in [-0.2, -0.15) is 0 Å². The Hall–Kier alpha value is -0.176. The summed E-state index contributed by atoms with van der Waals surface area (Å²) in [6.45, 7) is 24.3. The van der Waals surface area contributed by atoms with Crippen LogP contribution in [0.4, 0.5) is 0 Å². The summed E-state index contributed by atoms with van der Waals surface area (Å²) in [5.41, 5.74) is 2.00. The molecule has 202 valence electrons. The summed E-state index contributed by atoms with van der Waals surface area (Å²) in [5.74, 6) is 3.48. The zero-order valence-electron chi connectivity index (χ0n) is 24.6. The van der Waals surface area contributed by atoms with Crippen molar-refractivity contribution in [2.45, 2.75) is 131 Å². The van der Waals surface area contributed by atoms with Crippen LogP contribution >= 0.6 is 0 Å². The van der Waals surface area contributed by atoms with E-state index >= 15 is 0 Å². The van der Waals surface area contributed by atoms with E-state index in [1.54, 1.807) is 0 Å². The number of fused-ring (bicyclic) bond motifs is 5. The summed E-state index contributed by atoms with van der Waals surface area (Å²) in [4.78, 5) is 5.85. The molecule has 0 heterocycles. The first kappa shape index (κ1) is 27.8. The largest absolute Gasteiger partial charge is 0.415 e. The summed E-state index contributed by atoms with van der Waals surface area (Å²) >= 11 is 0. The van der Waals surface area contributed by atoms with Crippen molar-refractivity contribution in [3.63, 3.8) is 0 Å². The summed E-state index contributed by atoms with van der Waals surface area (Å²) in [6, 6.07) is 0. The highest BCUT2D eigenvalue weighted by Gasteiger charge is 2.63. The number of oxime groups is 1. The highest BCUT2D eigenvalue weighted by molar-refractivity contribution is 6.70. The Labute approximate surface area is 218 Å². The lowest BCUT2D eigenvalue weighted by molar-refractivity contribution is -0.0869. The van der Waals surface area contributed by atoms with Gasteiger partial charge < -0.3 is 13.7 Å². The Morgan fingerprint density at radius 3 is 2.29 bits per heavy atom. The van der Waals surface area contributed by atoms with Crippen molar-refractivity contribution in [2.24, 2.45) is 45.6 Å². The lowest BCUT2D eigenvalue weighted by Crippen LogP contribution is -2.58. The third kappa shape index (κ3) is 5.51. The van der Waals surface area contributed by atoms with Crippen molar-refractivity contribution in [2.75, 3.05) is 6.61 Å². The molecule has 6 heteroatoms. The molecule has 0 saturated heterocycles. The number of hydrogen-bond acceptors (Lipinski definition) is 4. The molecule has 0 bridgehead atoms. The van der Waals surface area contributed by atoms with Crippen molar-refractivity contribution in [3.05, 3.63) is 0 Å². The lowest BCUT2D eigenvalue weighted by atomic mass is 9.44. The van der Waals surface area contributed by atoms with Crippen LogP contribution in [-0.4, -0.2) is 41.2 Å². The van der Waals surface area contributed by atoms with Crippen molar-refractivity contribution in [3.8, 4) is 0 Å². The van der Waals surface area contributed by atoms with Crippen LogP contribution in [-0.2, 0) is 13.7 Å². The molecule has 0 radical (unpaired) electrons. The molecule has 35 heavy (non-hydrogen) atoms. The van der Waals surface area contributed by atoms with Gasteiger partial charge in [0.2, 0.25) is 0 Å². The van der Waals surface area contributed by atoms with Crippen LogP contribution in [0.5, 0.6) is 0 Å². The quantitative estimate of drug-likeness (QED) is 0.251. The highest BCUT2D eigenvalue weighted by atomic mass is 28.4. The summed E-state index contributed by atoms with van der Waals surface area (Å²) in [6.07, 6.45) is 11.0. The van der Waals surface area contributed by atoms with E-state index in [0.29, 0.717) is 36.1 Å². The van der Waals surface area contributed by atoms with E-state index in [2.05, 4.69) is 67.0 Å². The molecular weight excluding hydrogens is 466 g/mol. The van der Waals surface area contributed by atoms with Crippen LogP contribution in [0, 0.1) is 40.4 Å². The molecular formula is C29H55NO3Si2. The van der Waals surface area contributed by atoms with E-state index in [4.69, 9.17) is 18.8 Å². The van der Waals surface area contributed by atoms with Crippen LogP contribution in [0.3, 0.4) is 0 Å². The van der Waals surface area contributed by atoms with Crippen LogP contribution < -0.4 is 0 Å². The molecule has 9 atom stereocenters. The van der Waals surface area contributed by atoms with Gasteiger partial charge in [0.05, 0.1) is 5.71 Å². The van der Waals surface area contributed by atoms with E-state index in [1.807, 2.05) is 0 Å². The minimum atomic E-state index is -1.57. The topological polar surface area (TPSA) is 40.0 Å². The second-order valence-electron chi connectivity index (χ2n) is 15.0. The van der Waals surface area contributed by atoms with Crippen molar-refractivity contribution in [1.82, 2.24) is 0 Å². The average molecular weight is 522 g/mol. The van der Waals surface area contributed by atoms with Crippen LogP contribution in [0.2, 0.25) is 39.3 Å². The van der Waals surface area contributed by atoms with Gasteiger partial charge in [0.15, 0.2) is 16.6 Å². The third-order valence-corrected chi connectivity index (χ3v) is 12.4. The molecule has 4 saturated carbocycles. The molecule has 0 spiro atoms. The van der Waals surface area contributed by atoms with Gasteiger partial charge in [0.25, 0.3) is 0 Å². The zero-order valence-corrected chi connectivity index (χ0v) is 26.6. The predicted molar refractivity (Wildman–Crippen MR) is 152 cm³/mol. The van der Waals surface area contributed by atoms with Gasteiger partial charge in [0, 0.05) is 18.1 Å². The lowest BCUT2D eigenvalue weighted by Gasteiger charge is -2.61. The first-order valence-electron chi connectivity index (χ1n) is 14.7. The maximum atomic E-state index is 6.70. The summed E-state index contributed by atoms with van der Waals surface area (Å²) in [5, 5.41) is 4.93. The van der Waals surface area contributed by atoms with Crippen LogP contribution in [0.1, 0.15) is 79.1 Å². The van der Waals surface area contributed by atoms with Gasteiger partial charge >= 0.3 is 0 Å². The third-order valence-electron chi connectivity index (χ3n) is 10.3. The maximum Gasteiger partial charge on any atom is 0.184 e. The molecule has 0 N–H and O–H groups in total. The first-order chi connectivity index (χ1) is 16.2. The molecule has 4 nitrogen and oxygen atoms in total. The molecule has 0 aromatic heterocycles. The maximum absolute atomic E-state index is 6.70. The zero-order chi connectivity index (χ0) is 25.8. The smallest absolute Gasteiger partial charge is 0.184 e. The summed E-state index contributed by atoms with van der Waals surface area (Å²) in [7, 11) is -3.08. The SMILES string of the molecule is CCON=C1C[C@@]2(C)C(CC[C@@H]2[C@H](C)O[Si](C)(C)C)C2CCC3C[C@H](O[Si](C)(C)C)CC[C@]3(C)C12. The number of nitrogens with zero attached hydrogens (tertiary/aromatic N) is 1. The number of hydrogen-bond donors (Lipinski definition) is 0. The van der Waals surface area contributed by atoms with E-state index in [9.17, 15) is 0 Å². The molecule has 0 aromatic carbocycles. The molecule has 4 unspecified atom stereocenters. The fourth-order valence-electron chi connectivity index (χ4n) is 9.36. The van der Waals surface area contributed by atoms with Crippen molar-refractivity contribution < 1.29 is 13.7 Å². The van der Waals surface area contributed by atoms with E-state index in [1.165, 1.54) is 50.7 Å². The van der Waals surface area contributed by atoms with Gasteiger partial charge in [-0.05, 0) is 139 Å². The Bertz CT molecular complexity index is 790. The molecule has 0 aliphatic heterocycles. The Balaban J connectivity index is 1.62. The fourth-order valence-corrected chi connectivity index (χ4v) is 11.9. The molecule has 4 aliphatic rings. The monoisotopic (exact) mass is 521 g/mol. The first-order valence-corrected chi connectivity index (χ1v) is 21.5. The van der Waals surface area contributed by atoms with Gasteiger partial charge in [-0.15, -0.1) is 0 Å². The van der Waals surface area contributed by atoms with Gasteiger partial charge in [0.1, 0.15) is 6.61 Å². The minimum Gasteiger partial charge on any atom is -0.415 e. The average Bonchev–Trinajstić information content (AvgIpc) is 3.06. The van der Waals surface area contributed by atoms with Crippen LogP contribution in [0.15, 0.2) is 5.16 Å². The van der Waals surface area contributed by atoms with E-state index in [0.717, 1.165) is 24.2 Å². The number of rotatable bonds is 7. The van der Waals surface area contributed by atoms with E-state index < -0.39 is 16.6 Å². The summed E-state index contributed by atoms with van der Waals surface area (Å²) < 4.78 is 13.3. The predicted octanol–water partition coefficient (Wildman–Crippen LogP) is 8.11. The second kappa shape index (κ2) is 9.85. The normalized spacial score (nSPS) is 43.9. The molecule has 4 fully saturated rings. The molecule has 4 rings (SSSR count). The van der Waals surface area contributed by atoms with Gasteiger partial charge in [-0.3, -0.25) is 0 Å². The van der Waals surface area contributed by atoms with Crippen LogP contribution in [0.25, 0.3) is 0 Å². The Morgan fingerprint density at radius 2 is 1.66 bits per heavy atom. The van der Waals surface area contributed by atoms with Crippen molar-refractivity contribution in [1.29, 1.82) is 0 Å². The minimum absolute atomic E-state index is 0.275. The highest BCUT2D eigenvalue weighted by Crippen LogP contribution is 2.67. The second-order valence-corrected chi connectivity index (χ2v) is 23.9. The molecule has 4 aliphatic carbocycles. The Morgan fingerprint density at radius 1 is 0.943 bits per heavy atom. The fraction of sp³-hybridized carbons (Fsp3) is 0.966.